The molecule has 2 amide bonds. The highest BCUT2D eigenvalue weighted by Gasteiger charge is 2.55. The summed E-state index contributed by atoms with van der Waals surface area (Å²) < 4.78 is 0. The lowest BCUT2D eigenvalue weighted by Gasteiger charge is -2.44. The summed E-state index contributed by atoms with van der Waals surface area (Å²) >= 11 is 0. The zero-order valence-electron chi connectivity index (χ0n) is 19.9. The second kappa shape index (κ2) is 10.2. The maximum Gasteiger partial charge on any atom is 0.235 e. The summed E-state index contributed by atoms with van der Waals surface area (Å²) in [6.45, 7) is 3.54. The summed E-state index contributed by atoms with van der Waals surface area (Å²) in [5.41, 5.74) is 1.27. The molecule has 0 bridgehead atoms. The van der Waals surface area contributed by atoms with Gasteiger partial charge in [0.2, 0.25) is 11.8 Å². The highest BCUT2D eigenvalue weighted by atomic mass is 16.3. The maximum atomic E-state index is 13.6. The summed E-state index contributed by atoms with van der Waals surface area (Å²) in [7, 11) is 0. The van der Waals surface area contributed by atoms with Gasteiger partial charge in [0.25, 0.3) is 0 Å². The molecule has 0 aromatic heterocycles. The minimum atomic E-state index is -1.63. The smallest absolute Gasteiger partial charge is 0.235 e. The molecule has 4 rings (SSSR count). The zero-order chi connectivity index (χ0) is 25.0. The average Bonchev–Trinajstić information content (AvgIpc) is 2.84. The van der Waals surface area contributed by atoms with E-state index in [0.29, 0.717) is 16.9 Å². The van der Waals surface area contributed by atoms with Crippen LogP contribution in [0, 0.1) is 11.8 Å². The summed E-state index contributed by atoms with van der Waals surface area (Å²) in [5, 5.41) is 17.1. The molecule has 3 aromatic rings. The van der Waals surface area contributed by atoms with Crippen molar-refractivity contribution in [2.45, 2.75) is 38.2 Å². The molecule has 1 aliphatic carbocycles. The SMILES string of the molecule is CCc1ccc([C@@H]2[C@H](C(=O)Nc3ccccc3)C(=O)C[C@@](C)(O)[C@H]2C(=O)Nc2ccccc2)cc1. The lowest BCUT2D eigenvalue weighted by Crippen LogP contribution is -2.56. The van der Waals surface area contributed by atoms with Crippen molar-refractivity contribution in [3.8, 4) is 0 Å². The summed E-state index contributed by atoms with van der Waals surface area (Å²) in [4.78, 5) is 40.4. The summed E-state index contributed by atoms with van der Waals surface area (Å²) in [6, 6.07) is 25.4. The number of aliphatic hydroxyl groups is 1. The van der Waals surface area contributed by atoms with Gasteiger partial charge in [-0.3, -0.25) is 14.4 Å². The molecule has 0 saturated heterocycles. The number of amides is 2. The first-order valence-corrected chi connectivity index (χ1v) is 11.9. The lowest BCUT2D eigenvalue weighted by molar-refractivity contribution is -0.150. The second-order valence-electron chi connectivity index (χ2n) is 9.29. The highest BCUT2D eigenvalue weighted by Crippen LogP contribution is 2.46. The van der Waals surface area contributed by atoms with E-state index in [-0.39, 0.29) is 6.42 Å². The van der Waals surface area contributed by atoms with Gasteiger partial charge in [0.15, 0.2) is 0 Å². The van der Waals surface area contributed by atoms with E-state index < -0.39 is 41.0 Å². The van der Waals surface area contributed by atoms with Gasteiger partial charge in [-0.1, -0.05) is 67.6 Å². The van der Waals surface area contributed by atoms with Crippen molar-refractivity contribution in [1.82, 2.24) is 0 Å². The molecular formula is C29H30N2O4. The molecule has 3 aromatic carbocycles. The maximum absolute atomic E-state index is 13.6. The molecule has 6 nitrogen and oxygen atoms in total. The first-order chi connectivity index (χ1) is 16.8. The summed E-state index contributed by atoms with van der Waals surface area (Å²) in [6.07, 6.45) is 0.535. The molecule has 1 aliphatic rings. The monoisotopic (exact) mass is 470 g/mol. The fourth-order valence-electron chi connectivity index (χ4n) is 4.95. The van der Waals surface area contributed by atoms with Crippen LogP contribution in [0.4, 0.5) is 11.4 Å². The predicted octanol–water partition coefficient (Wildman–Crippen LogP) is 4.57. The fraction of sp³-hybridized carbons (Fsp3) is 0.276. The number of nitrogens with one attached hydrogen (secondary N) is 2. The number of anilines is 2. The Hall–Kier alpha value is -3.77. The number of hydrogen-bond donors (Lipinski definition) is 3. The van der Waals surface area contributed by atoms with Crippen molar-refractivity contribution in [3.05, 3.63) is 96.1 Å². The van der Waals surface area contributed by atoms with E-state index in [1.54, 1.807) is 48.5 Å². The fourth-order valence-corrected chi connectivity index (χ4v) is 4.95. The third kappa shape index (κ3) is 5.33. The number of rotatable bonds is 6. The van der Waals surface area contributed by atoms with Gasteiger partial charge in [0, 0.05) is 23.7 Å². The van der Waals surface area contributed by atoms with Crippen molar-refractivity contribution in [2.75, 3.05) is 10.6 Å². The van der Waals surface area contributed by atoms with E-state index in [0.717, 1.165) is 12.0 Å². The third-order valence-electron chi connectivity index (χ3n) is 6.69. The van der Waals surface area contributed by atoms with Crippen molar-refractivity contribution in [1.29, 1.82) is 0 Å². The van der Waals surface area contributed by atoms with E-state index >= 15 is 0 Å². The minimum Gasteiger partial charge on any atom is -0.389 e. The number of aryl methyl sites for hydroxylation is 1. The molecule has 180 valence electrons. The average molecular weight is 471 g/mol. The van der Waals surface area contributed by atoms with E-state index in [2.05, 4.69) is 10.6 Å². The Morgan fingerprint density at radius 1 is 0.857 bits per heavy atom. The van der Waals surface area contributed by atoms with E-state index in [1.165, 1.54) is 6.92 Å². The van der Waals surface area contributed by atoms with Crippen LogP contribution in [0.5, 0.6) is 0 Å². The number of carbonyl (C=O) groups is 3. The number of Topliss-reactive ketones (excluding diaryl/α,β-unsaturated/α-hetero) is 1. The van der Waals surface area contributed by atoms with Gasteiger partial charge in [0.1, 0.15) is 11.7 Å². The van der Waals surface area contributed by atoms with Crippen molar-refractivity contribution in [2.24, 2.45) is 11.8 Å². The van der Waals surface area contributed by atoms with Crippen molar-refractivity contribution >= 4 is 29.0 Å². The van der Waals surface area contributed by atoms with E-state index in [4.69, 9.17) is 0 Å². The van der Waals surface area contributed by atoms with Gasteiger partial charge in [-0.25, -0.2) is 0 Å². The van der Waals surface area contributed by atoms with Gasteiger partial charge in [0.05, 0.1) is 11.5 Å². The molecule has 1 fully saturated rings. The van der Waals surface area contributed by atoms with Crippen LogP contribution >= 0.6 is 0 Å². The second-order valence-corrected chi connectivity index (χ2v) is 9.29. The predicted molar refractivity (Wildman–Crippen MR) is 136 cm³/mol. The molecule has 35 heavy (non-hydrogen) atoms. The van der Waals surface area contributed by atoms with Crippen LogP contribution < -0.4 is 10.6 Å². The minimum absolute atomic E-state index is 0.295. The van der Waals surface area contributed by atoms with Crippen LogP contribution in [0.2, 0.25) is 0 Å². The van der Waals surface area contributed by atoms with Gasteiger partial charge in [-0.2, -0.15) is 0 Å². The Kier molecular flexibility index (Phi) is 7.12. The number of ketones is 1. The lowest BCUT2D eigenvalue weighted by atomic mass is 9.61. The normalized spacial score (nSPS) is 24.0. The molecule has 0 aliphatic heterocycles. The number of carbonyl (C=O) groups excluding carboxylic acids is 3. The van der Waals surface area contributed by atoms with Crippen LogP contribution in [0.25, 0.3) is 0 Å². The van der Waals surface area contributed by atoms with Gasteiger partial charge in [-0.15, -0.1) is 0 Å². The molecular weight excluding hydrogens is 440 g/mol. The van der Waals surface area contributed by atoms with Crippen LogP contribution in [0.15, 0.2) is 84.9 Å². The topological polar surface area (TPSA) is 95.5 Å². The molecule has 3 N–H and O–H groups in total. The van der Waals surface area contributed by atoms with Crippen molar-refractivity contribution in [3.63, 3.8) is 0 Å². The Labute approximate surface area is 205 Å². The third-order valence-corrected chi connectivity index (χ3v) is 6.69. The van der Waals surface area contributed by atoms with Gasteiger partial charge in [-0.05, 0) is 48.7 Å². The van der Waals surface area contributed by atoms with E-state index in [9.17, 15) is 19.5 Å². The first-order valence-electron chi connectivity index (χ1n) is 11.9. The van der Waals surface area contributed by atoms with Crippen LogP contribution in [-0.2, 0) is 20.8 Å². The number of benzene rings is 3. The molecule has 0 unspecified atom stereocenters. The molecule has 6 heteroatoms. The summed E-state index contributed by atoms with van der Waals surface area (Å²) in [5.74, 6) is -4.32. The Balaban J connectivity index is 1.76. The molecule has 0 heterocycles. The molecule has 0 spiro atoms. The number of hydrogen-bond acceptors (Lipinski definition) is 4. The largest absolute Gasteiger partial charge is 0.389 e. The highest BCUT2D eigenvalue weighted by molar-refractivity contribution is 6.10. The van der Waals surface area contributed by atoms with Crippen LogP contribution in [0.1, 0.15) is 37.3 Å². The zero-order valence-corrected chi connectivity index (χ0v) is 19.9. The van der Waals surface area contributed by atoms with Gasteiger partial charge < -0.3 is 15.7 Å². The molecule has 1 saturated carbocycles. The van der Waals surface area contributed by atoms with Crippen molar-refractivity contribution < 1.29 is 19.5 Å². The quantitative estimate of drug-likeness (QED) is 0.460. The Morgan fingerprint density at radius 3 is 1.89 bits per heavy atom. The van der Waals surface area contributed by atoms with E-state index in [1.807, 2.05) is 43.3 Å². The molecule has 0 radical (unpaired) electrons. The Morgan fingerprint density at radius 2 is 1.37 bits per heavy atom. The van der Waals surface area contributed by atoms with Crippen LogP contribution in [-0.4, -0.2) is 28.3 Å². The van der Waals surface area contributed by atoms with Crippen LogP contribution in [0.3, 0.4) is 0 Å². The number of para-hydroxylation sites is 2. The van der Waals surface area contributed by atoms with Gasteiger partial charge >= 0.3 is 0 Å². The Bertz CT molecular complexity index is 1190. The molecule has 4 atom stereocenters. The standard InChI is InChI=1S/C29H30N2O4/c1-3-19-14-16-20(17-15-19)24-25(27(33)30-21-10-6-4-7-11-21)23(32)18-29(2,35)26(24)28(34)31-22-12-8-5-9-13-22/h4-17,24-26,35H,3,18H2,1-2H3,(H,30,33)(H,31,34)/t24-,25-,26-,29-/m1/s1. The first kappa shape index (κ1) is 24.4.